The summed E-state index contributed by atoms with van der Waals surface area (Å²) in [7, 11) is 0. The topological polar surface area (TPSA) is 12.5 Å². The van der Waals surface area contributed by atoms with Gasteiger partial charge in [-0.15, -0.1) is 0 Å². The van der Waals surface area contributed by atoms with Crippen molar-refractivity contribution in [3.8, 4) is 0 Å². The zero-order valence-corrected chi connectivity index (χ0v) is 9.56. The van der Waals surface area contributed by atoms with Crippen molar-refractivity contribution in [3.63, 3.8) is 0 Å². The normalized spacial score (nSPS) is 16.9. The summed E-state index contributed by atoms with van der Waals surface area (Å²) in [6.45, 7) is 2.28. The molecule has 0 aromatic heterocycles. The second-order valence-electron chi connectivity index (χ2n) is 3.32. The van der Waals surface area contributed by atoms with E-state index in [1.807, 2.05) is 0 Å². The molecule has 0 atom stereocenters. The number of hydrogen-bond donors (Lipinski definition) is 0. The van der Waals surface area contributed by atoms with E-state index in [9.17, 15) is 8.78 Å². The number of morpholine rings is 1. The fourth-order valence-electron chi connectivity index (χ4n) is 1.58. The molecule has 0 amide bonds. The van der Waals surface area contributed by atoms with Crippen LogP contribution in [0, 0.1) is 11.6 Å². The molecule has 2 nitrogen and oxygen atoms in total. The molecule has 0 N–H and O–H groups in total. The molecule has 1 aliphatic heterocycles. The number of halogens is 3. The molecule has 0 unspecified atom stereocenters. The first-order valence-electron chi connectivity index (χ1n) is 4.66. The lowest BCUT2D eigenvalue weighted by Crippen LogP contribution is -2.36. The minimum absolute atomic E-state index is 0.296. The molecule has 2 rings (SSSR count). The van der Waals surface area contributed by atoms with Gasteiger partial charge in [-0.1, -0.05) is 15.9 Å². The van der Waals surface area contributed by atoms with E-state index in [1.54, 1.807) is 11.0 Å². The van der Waals surface area contributed by atoms with Crippen molar-refractivity contribution in [1.29, 1.82) is 0 Å². The van der Waals surface area contributed by atoms with Crippen LogP contribution in [0.5, 0.6) is 0 Å². The number of anilines is 1. The summed E-state index contributed by atoms with van der Waals surface area (Å²) in [5.41, 5.74) is 0.296. The SMILES string of the molecule is Fc1cc(Br)cc(N2CCOCC2)c1F. The van der Waals surface area contributed by atoms with E-state index in [1.165, 1.54) is 0 Å². The van der Waals surface area contributed by atoms with Crippen LogP contribution in [-0.2, 0) is 4.74 Å². The zero-order valence-electron chi connectivity index (χ0n) is 7.97. The monoisotopic (exact) mass is 277 g/mol. The van der Waals surface area contributed by atoms with Crippen molar-refractivity contribution in [3.05, 3.63) is 28.2 Å². The Balaban J connectivity index is 2.33. The maximum Gasteiger partial charge on any atom is 0.182 e. The third-order valence-electron chi connectivity index (χ3n) is 2.33. The smallest absolute Gasteiger partial charge is 0.182 e. The molecule has 1 heterocycles. The first kappa shape index (κ1) is 10.8. The molecule has 82 valence electrons. The van der Waals surface area contributed by atoms with Gasteiger partial charge in [0.05, 0.1) is 18.9 Å². The van der Waals surface area contributed by atoms with Gasteiger partial charge in [0, 0.05) is 17.6 Å². The van der Waals surface area contributed by atoms with Gasteiger partial charge in [0.15, 0.2) is 11.6 Å². The number of hydrogen-bond acceptors (Lipinski definition) is 2. The van der Waals surface area contributed by atoms with Crippen LogP contribution in [0.25, 0.3) is 0 Å². The maximum absolute atomic E-state index is 13.5. The van der Waals surface area contributed by atoms with E-state index in [4.69, 9.17) is 4.74 Å². The van der Waals surface area contributed by atoms with E-state index in [-0.39, 0.29) is 0 Å². The van der Waals surface area contributed by atoms with Crippen LogP contribution in [0.1, 0.15) is 0 Å². The van der Waals surface area contributed by atoms with Crippen LogP contribution in [-0.4, -0.2) is 26.3 Å². The van der Waals surface area contributed by atoms with Crippen LogP contribution in [0.4, 0.5) is 14.5 Å². The van der Waals surface area contributed by atoms with Gasteiger partial charge in [0.2, 0.25) is 0 Å². The molecule has 1 aromatic rings. The minimum Gasteiger partial charge on any atom is -0.378 e. The van der Waals surface area contributed by atoms with Crippen molar-refractivity contribution < 1.29 is 13.5 Å². The lowest BCUT2D eigenvalue weighted by atomic mass is 10.2. The molecule has 0 bridgehead atoms. The molecule has 0 radical (unpaired) electrons. The Morgan fingerprint density at radius 2 is 1.87 bits per heavy atom. The molecule has 0 saturated carbocycles. The summed E-state index contributed by atoms with van der Waals surface area (Å²) < 4.78 is 32.3. The van der Waals surface area contributed by atoms with Crippen molar-refractivity contribution in [2.24, 2.45) is 0 Å². The molecule has 0 spiro atoms. The average Bonchev–Trinajstić information content (AvgIpc) is 2.24. The third-order valence-corrected chi connectivity index (χ3v) is 2.78. The maximum atomic E-state index is 13.5. The second kappa shape index (κ2) is 4.45. The van der Waals surface area contributed by atoms with E-state index < -0.39 is 11.6 Å². The summed E-state index contributed by atoms with van der Waals surface area (Å²) in [6, 6.07) is 2.71. The molecule has 0 aliphatic carbocycles. The van der Waals surface area contributed by atoms with Crippen LogP contribution < -0.4 is 4.90 Å². The lowest BCUT2D eigenvalue weighted by Gasteiger charge is -2.29. The summed E-state index contributed by atoms with van der Waals surface area (Å²) in [6.07, 6.45) is 0. The van der Waals surface area contributed by atoms with Gasteiger partial charge < -0.3 is 9.64 Å². The van der Waals surface area contributed by atoms with Crippen molar-refractivity contribution in [1.82, 2.24) is 0 Å². The first-order chi connectivity index (χ1) is 7.18. The Hall–Kier alpha value is -0.680. The van der Waals surface area contributed by atoms with Gasteiger partial charge in [-0.25, -0.2) is 8.78 Å². The predicted octanol–water partition coefficient (Wildman–Crippen LogP) is 2.56. The van der Waals surface area contributed by atoms with Crippen molar-refractivity contribution in [2.75, 3.05) is 31.2 Å². The zero-order chi connectivity index (χ0) is 10.8. The van der Waals surface area contributed by atoms with Crippen LogP contribution in [0.15, 0.2) is 16.6 Å². The molecule has 1 aromatic carbocycles. The Morgan fingerprint density at radius 1 is 1.20 bits per heavy atom. The van der Waals surface area contributed by atoms with E-state index in [2.05, 4.69) is 15.9 Å². The molecule has 1 saturated heterocycles. The highest BCUT2D eigenvalue weighted by atomic mass is 79.9. The van der Waals surface area contributed by atoms with Crippen LogP contribution in [0.3, 0.4) is 0 Å². The Bertz CT molecular complexity index is 367. The number of rotatable bonds is 1. The molecule has 15 heavy (non-hydrogen) atoms. The number of ether oxygens (including phenoxy) is 1. The van der Waals surface area contributed by atoms with Crippen LogP contribution in [0.2, 0.25) is 0 Å². The summed E-state index contributed by atoms with van der Waals surface area (Å²) in [4.78, 5) is 1.78. The minimum atomic E-state index is -0.828. The van der Waals surface area contributed by atoms with Gasteiger partial charge in [-0.05, 0) is 12.1 Å². The molecular formula is C10H10BrF2NO. The summed E-state index contributed by atoms with van der Waals surface area (Å²) in [5, 5.41) is 0. The predicted molar refractivity (Wildman–Crippen MR) is 57.1 cm³/mol. The average molecular weight is 278 g/mol. The van der Waals surface area contributed by atoms with Gasteiger partial charge in [-0.2, -0.15) is 0 Å². The Morgan fingerprint density at radius 3 is 2.53 bits per heavy atom. The highest BCUT2D eigenvalue weighted by Crippen LogP contribution is 2.27. The number of benzene rings is 1. The lowest BCUT2D eigenvalue weighted by molar-refractivity contribution is 0.122. The summed E-state index contributed by atoms with van der Waals surface area (Å²) >= 11 is 3.15. The second-order valence-corrected chi connectivity index (χ2v) is 4.24. The molecular weight excluding hydrogens is 268 g/mol. The first-order valence-corrected chi connectivity index (χ1v) is 5.45. The highest BCUT2D eigenvalue weighted by Gasteiger charge is 2.18. The van der Waals surface area contributed by atoms with Gasteiger partial charge >= 0.3 is 0 Å². The quantitative estimate of drug-likeness (QED) is 0.732. The van der Waals surface area contributed by atoms with Gasteiger partial charge in [0.1, 0.15) is 0 Å². The summed E-state index contributed by atoms with van der Waals surface area (Å²) in [5.74, 6) is -1.62. The standard InChI is InChI=1S/C10H10BrF2NO/c11-7-5-8(12)10(13)9(6-7)14-1-3-15-4-2-14/h5-6H,1-4H2. The van der Waals surface area contributed by atoms with E-state index >= 15 is 0 Å². The molecule has 1 aliphatic rings. The fraction of sp³-hybridized carbons (Fsp3) is 0.400. The van der Waals surface area contributed by atoms with Gasteiger partial charge in [-0.3, -0.25) is 0 Å². The largest absolute Gasteiger partial charge is 0.378 e. The third kappa shape index (κ3) is 2.29. The Labute approximate surface area is 95.0 Å². The van der Waals surface area contributed by atoms with Crippen LogP contribution >= 0.6 is 15.9 Å². The Kier molecular flexibility index (Phi) is 3.21. The van der Waals surface area contributed by atoms with Crippen molar-refractivity contribution in [2.45, 2.75) is 0 Å². The molecule has 1 fully saturated rings. The van der Waals surface area contributed by atoms with Crippen molar-refractivity contribution >= 4 is 21.6 Å². The van der Waals surface area contributed by atoms with E-state index in [0.717, 1.165) is 6.07 Å². The van der Waals surface area contributed by atoms with Gasteiger partial charge in [0.25, 0.3) is 0 Å². The number of nitrogens with zero attached hydrogens (tertiary/aromatic N) is 1. The fourth-order valence-corrected chi connectivity index (χ4v) is 1.99. The highest BCUT2D eigenvalue weighted by molar-refractivity contribution is 9.10. The molecule has 5 heteroatoms. The van der Waals surface area contributed by atoms with E-state index in [0.29, 0.717) is 36.5 Å².